The lowest BCUT2D eigenvalue weighted by Crippen LogP contribution is -2.57. The van der Waals surface area contributed by atoms with Gasteiger partial charge in [0.2, 0.25) is 23.6 Å². The number of aliphatic carboxylic acids is 1. The molecule has 40 heavy (non-hydrogen) atoms. The molecule has 2 fully saturated rings. The van der Waals surface area contributed by atoms with Crippen molar-refractivity contribution in [2.45, 2.75) is 62.7 Å². The zero-order valence-corrected chi connectivity index (χ0v) is 22.1. The Balaban J connectivity index is 1.41. The molecule has 1 aromatic heterocycles. The fourth-order valence-corrected chi connectivity index (χ4v) is 5.26. The van der Waals surface area contributed by atoms with Crippen molar-refractivity contribution in [1.82, 2.24) is 30.4 Å². The van der Waals surface area contributed by atoms with E-state index in [1.165, 1.54) is 16.1 Å². The van der Waals surface area contributed by atoms with Crippen LogP contribution in [0.3, 0.4) is 0 Å². The summed E-state index contributed by atoms with van der Waals surface area (Å²) < 4.78 is 0. The second-order valence-corrected chi connectivity index (χ2v) is 10.1. The number of carbonyl (C=O) groups excluding carboxylic acids is 4. The van der Waals surface area contributed by atoms with Gasteiger partial charge in [0, 0.05) is 32.1 Å². The first kappa shape index (κ1) is 28.7. The number of nitrogens with one attached hydrogen (secondary N) is 3. The van der Waals surface area contributed by atoms with Crippen molar-refractivity contribution >= 4 is 29.6 Å². The first-order valence-corrected chi connectivity index (χ1v) is 13.4. The van der Waals surface area contributed by atoms with E-state index in [4.69, 9.17) is 5.73 Å². The average Bonchev–Trinajstić information content (AvgIpc) is 3.73. The van der Waals surface area contributed by atoms with Gasteiger partial charge < -0.3 is 36.3 Å². The van der Waals surface area contributed by atoms with Crippen molar-refractivity contribution in [1.29, 1.82) is 0 Å². The molecule has 1 aromatic carbocycles. The van der Waals surface area contributed by atoms with Gasteiger partial charge in [-0.1, -0.05) is 30.3 Å². The highest BCUT2D eigenvalue weighted by Gasteiger charge is 2.39. The van der Waals surface area contributed by atoms with Gasteiger partial charge in [-0.25, -0.2) is 9.78 Å². The summed E-state index contributed by atoms with van der Waals surface area (Å²) in [6, 6.07) is 5.60. The number of aromatic nitrogens is 2. The summed E-state index contributed by atoms with van der Waals surface area (Å²) in [7, 11) is 0. The summed E-state index contributed by atoms with van der Waals surface area (Å²) in [5, 5.41) is 14.7. The van der Waals surface area contributed by atoms with E-state index in [-0.39, 0.29) is 19.4 Å². The molecule has 0 radical (unpaired) electrons. The van der Waals surface area contributed by atoms with Crippen molar-refractivity contribution in [3.63, 3.8) is 0 Å². The van der Waals surface area contributed by atoms with Crippen molar-refractivity contribution < 1.29 is 29.1 Å². The van der Waals surface area contributed by atoms with E-state index in [2.05, 4.69) is 20.6 Å². The summed E-state index contributed by atoms with van der Waals surface area (Å²) in [6.07, 6.45) is 5.46. The number of carboxylic acid groups (broad SMARTS) is 1. The van der Waals surface area contributed by atoms with Gasteiger partial charge in [0.05, 0.1) is 24.6 Å². The molecular formula is C27H35N7O6. The van der Waals surface area contributed by atoms with Gasteiger partial charge in [0.15, 0.2) is 0 Å². The smallest absolute Gasteiger partial charge is 0.326 e. The Morgan fingerprint density at radius 1 is 1.02 bits per heavy atom. The summed E-state index contributed by atoms with van der Waals surface area (Å²) >= 11 is 0. The second kappa shape index (κ2) is 13.2. The highest BCUT2D eigenvalue weighted by molar-refractivity contribution is 5.95. The molecule has 6 N–H and O–H groups in total. The number of nitrogens with zero attached hydrogens (tertiary/aromatic N) is 3. The molecular weight excluding hydrogens is 518 g/mol. The Morgan fingerprint density at radius 3 is 2.40 bits per heavy atom. The minimum atomic E-state index is -1.07. The summed E-state index contributed by atoms with van der Waals surface area (Å²) in [4.78, 5) is 73.4. The number of benzene rings is 1. The van der Waals surface area contributed by atoms with E-state index in [1.54, 1.807) is 6.20 Å². The minimum absolute atomic E-state index is 0.185. The number of hydrogen-bond donors (Lipinski definition) is 5. The molecule has 13 nitrogen and oxygen atoms in total. The number of H-pyrrole nitrogens is 1. The lowest BCUT2D eigenvalue weighted by Gasteiger charge is -2.29. The average molecular weight is 554 g/mol. The van der Waals surface area contributed by atoms with Gasteiger partial charge in [-0.05, 0) is 31.2 Å². The van der Waals surface area contributed by atoms with Crippen LogP contribution in [-0.4, -0.2) is 98.3 Å². The van der Waals surface area contributed by atoms with Crippen LogP contribution >= 0.6 is 0 Å². The minimum Gasteiger partial charge on any atom is -0.480 e. The third kappa shape index (κ3) is 7.03. The Hall–Kier alpha value is -4.26. The fourth-order valence-electron chi connectivity index (χ4n) is 5.26. The summed E-state index contributed by atoms with van der Waals surface area (Å²) in [5.41, 5.74) is 7.54. The van der Waals surface area contributed by atoms with Gasteiger partial charge in [0.25, 0.3) is 0 Å². The molecule has 4 amide bonds. The van der Waals surface area contributed by atoms with Gasteiger partial charge >= 0.3 is 5.97 Å². The molecule has 2 aliphatic rings. The lowest BCUT2D eigenvalue weighted by molar-refractivity contribution is -0.148. The van der Waals surface area contributed by atoms with Crippen LogP contribution in [-0.2, 0) is 36.8 Å². The maximum atomic E-state index is 13.7. The molecule has 4 atom stereocenters. The van der Waals surface area contributed by atoms with Crippen LogP contribution in [0.4, 0.5) is 0 Å². The van der Waals surface area contributed by atoms with Crippen molar-refractivity contribution in [2.75, 3.05) is 19.6 Å². The van der Waals surface area contributed by atoms with Crippen LogP contribution in [0.15, 0.2) is 42.9 Å². The SMILES string of the molecule is N[C@@H](Cc1c[nH]cn1)C(=O)N[C@@H](Cc1ccccc1)C(=O)N1CCC[C@H]1C(=O)NCC(=O)N1CCC[C@H]1C(=O)O. The lowest BCUT2D eigenvalue weighted by atomic mass is 10.0. The van der Waals surface area contributed by atoms with Gasteiger partial charge in [-0.2, -0.15) is 0 Å². The highest BCUT2D eigenvalue weighted by atomic mass is 16.4. The number of imidazole rings is 1. The number of nitrogens with two attached hydrogens (primary N) is 1. The quantitative estimate of drug-likeness (QED) is 0.239. The fraction of sp³-hybridized carbons (Fsp3) is 0.481. The number of aromatic amines is 1. The van der Waals surface area contributed by atoms with Gasteiger partial charge in [-0.15, -0.1) is 0 Å². The maximum absolute atomic E-state index is 13.7. The van der Waals surface area contributed by atoms with E-state index in [0.29, 0.717) is 44.5 Å². The molecule has 0 bridgehead atoms. The number of amides is 4. The first-order chi connectivity index (χ1) is 19.2. The number of rotatable bonds is 11. The summed E-state index contributed by atoms with van der Waals surface area (Å²) in [5.74, 6) is -2.97. The maximum Gasteiger partial charge on any atom is 0.326 e. The van der Waals surface area contributed by atoms with Crippen molar-refractivity contribution in [2.24, 2.45) is 5.73 Å². The molecule has 2 saturated heterocycles. The number of likely N-dealkylation sites (tertiary alicyclic amines) is 2. The van der Waals surface area contributed by atoms with Crippen molar-refractivity contribution in [3.05, 3.63) is 54.1 Å². The van der Waals surface area contributed by atoms with Crippen LogP contribution in [0, 0.1) is 0 Å². The second-order valence-electron chi connectivity index (χ2n) is 10.1. The number of carbonyl (C=O) groups is 5. The number of carboxylic acids is 1. The van der Waals surface area contributed by atoms with Crippen LogP contribution in [0.5, 0.6) is 0 Å². The first-order valence-electron chi connectivity index (χ1n) is 13.4. The third-order valence-corrected chi connectivity index (χ3v) is 7.33. The van der Waals surface area contributed by atoms with Crippen LogP contribution < -0.4 is 16.4 Å². The van der Waals surface area contributed by atoms with Crippen LogP contribution in [0.1, 0.15) is 36.9 Å². The molecule has 3 heterocycles. The molecule has 0 saturated carbocycles. The Labute approximate surface area is 231 Å². The largest absolute Gasteiger partial charge is 0.480 e. The highest BCUT2D eigenvalue weighted by Crippen LogP contribution is 2.21. The molecule has 214 valence electrons. The van der Waals surface area contributed by atoms with E-state index < -0.39 is 53.8 Å². The summed E-state index contributed by atoms with van der Waals surface area (Å²) in [6.45, 7) is 0.286. The van der Waals surface area contributed by atoms with Gasteiger partial charge in [0.1, 0.15) is 18.1 Å². The topological polar surface area (TPSA) is 191 Å². The van der Waals surface area contributed by atoms with E-state index in [0.717, 1.165) is 5.56 Å². The number of hydrogen-bond acceptors (Lipinski definition) is 7. The Bertz CT molecular complexity index is 1210. The molecule has 2 aromatic rings. The van der Waals surface area contributed by atoms with Crippen LogP contribution in [0.25, 0.3) is 0 Å². The predicted molar refractivity (Wildman–Crippen MR) is 142 cm³/mol. The Morgan fingerprint density at radius 2 is 1.73 bits per heavy atom. The molecule has 0 spiro atoms. The molecule has 13 heteroatoms. The molecule has 0 unspecified atom stereocenters. The molecule has 0 aliphatic carbocycles. The van der Waals surface area contributed by atoms with Crippen LogP contribution in [0.2, 0.25) is 0 Å². The van der Waals surface area contributed by atoms with Crippen molar-refractivity contribution in [3.8, 4) is 0 Å². The monoisotopic (exact) mass is 553 g/mol. The standard InChI is InChI=1S/C27H35N7O6/c28-19(13-18-14-29-16-31-18)24(36)32-20(12-17-6-2-1-3-7-17)26(38)34-11-4-8-21(34)25(37)30-15-23(35)33-10-5-9-22(33)27(39)40/h1-3,6-7,14,16,19-22H,4-5,8-13,15,28H2,(H,29,31)(H,30,37)(H,32,36)(H,39,40)/t19-,20-,21-,22-/m0/s1. The molecule has 4 rings (SSSR count). The zero-order chi connectivity index (χ0) is 28.6. The third-order valence-electron chi connectivity index (χ3n) is 7.33. The Kier molecular flexibility index (Phi) is 9.48. The van der Waals surface area contributed by atoms with E-state index in [9.17, 15) is 29.1 Å². The van der Waals surface area contributed by atoms with E-state index in [1.807, 2.05) is 30.3 Å². The molecule has 2 aliphatic heterocycles. The zero-order valence-electron chi connectivity index (χ0n) is 22.1. The van der Waals surface area contributed by atoms with Gasteiger partial charge in [-0.3, -0.25) is 19.2 Å². The van der Waals surface area contributed by atoms with E-state index >= 15 is 0 Å². The predicted octanol–water partition coefficient (Wildman–Crippen LogP) is -0.810. The normalized spacial score (nSPS) is 20.1.